The van der Waals surface area contributed by atoms with Gasteiger partial charge in [0.15, 0.2) is 11.6 Å². The van der Waals surface area contributed by atoms with Crippen LogP contribution in [0.15, 0.2) is 48.3 Å². The van der Waals surface area contributed by atoms with Crippen molar-refractivity contribution in [3.05, 3.63) is 59.7 Å². The maximum Gasteiger partial charge on any atom is 0.275 e. The van der Waals surface area contributed by atoms with Crippen LogP contribution in [0.5, 0.6) is 5.75 Å². The molecule has 0 bridgehead atoms. The highest BCUT2D eigenvalue weighted by Gasteiger charge is 2.17. The van der Waals surface area contributed by atoms with E-state index >= 15 is 0 Å². The number of benzene rings is 1. The molecule has 1 N–H and O–H groups in total. The molecule has 3 heterocycles. The van der Waals surface area contributed by atoms with E-state index in [1.807, 2.05) is 0 Å². The van der Waals surface area contributed by atoms with Gasteiger partial charge in [0.25, 0.3) is 5.56 Å². The van der Waals surface area contributed by atoms with Gasteiger partial charge < -0.3 is 10.1 Å². The van der Waals surface area contributed by atoms with E-state index in [4.69, 9.17) is 4.74 Å². The molecule has 0 aliphatic heterocycles. The lowest BCUT2D eigenvalue weighted by Gasteiger charge is -2.08. The van der Waals surface area contributed by atoms with Crippen molar-refractivity contribution in [3.8, 4) is 11.4 Å². The van der Waals surface area contributed by atoms with Crippen molar-refractivity contribution in [2.75, 3.05) is 19.0 Å². The molecule has 136 valence electrons. The summed E-state index contributed by atoms with van der Waals surface area (Å²) in [5.74, 6) is 0.141. The van der Waals surface area contributed by atoms with Crippen LogP contribution in [0.25, 0.3) is 26.1 Å². The van der Waals surface area contributed by atoms with Crippen LogP contribution in [0.4, 0.5) is 10.2 Å². The maximum absolute atomic E-state index is 14.0. The zero-order valence-electron chi connectivity index (χ0n) is 14.3. The minimum atomic E-state index is -0.555. The highest BCUT2D eigenvalue weighted by molar-refractivity contribution is 7.25. The number of nitrogens with one attached hydrogen (secondary N) is 1. The van der Waals surface area contributed by atoms with Gasteiger partial charge in [-0.05, 0) is 12.1 Å². The smallest absolute Gasteiger partial charge is 0.275 e. The molecule has 9 heteroatoms. The van der Waals surface area contributed by atoms with Crippen LogP contribution in [0.2, 0.25) is 0 Å². The Bertz CT molecular complexity index is 1230. The quantitative estimate of drug-likeness (QED) is 0.533. The van der Waals surface area contributed by atoms with Gasteiger partial charge in [-0.3, -0.25) is 9.36 Å². The Morgan fingerprint density at radius 2 is 2.22 bits per heavy atom. The number of fused-ring (bicyclic) bond motifs is 3. The van der Waals surface area contributed by atoms with Crippen molar-refractivity contribution in [1.29, 1.82) is 0 Å². The average molecular weight is 383 g/mol. The molecule has 0 aliphatic carbocycles. The van der Waals surface area contributed by atoms with Crippen LogP contribution in [0.3, 0.4) is 0 Å². The molecule has 0 fully saturated rings. The van der Waals surface area contributed by atoms with Gasteiger partial charge >= 0.3 is 0 Å². The fraction of sp³-hybridized carbons (Fsp3) is 0.111. The molecule has 27 heavy (non-hydrogen) atoms. The van der Waals surface area contributed by atoms with E-state index in [-0.39, 0.29) is 11.3 Å². The van der Waals surface area contributed by atoms with E-state index < -0.39 is 5.82 Å². The third kappa shape index (κ3) is 2.81. The summed E-state index contributed by atoms with van der Waals surface area (Å²) in [7, 11) is 1.38. The normalized spacial score (nSPS) is 11.0. The maximum atomic E-state index is 14.0. The minimum absolute atomic E-state index is 0.107. The Morgan fingerprint density at radius 3 is 2.96 bits per heavy atom. The van der Waals surface area contributed by atoms with Crippen molar-refractivity contribution in [2.45, 2.75) is 0 Å². The third-order valence-electron chi connectivity index (χ3n) is 4.01. The van der Waals surface area contributed by atoms with E-state index in [1.165, 1.54) is 47.8 Å². The standard InChI is InChI=1S/C18H14FN5O2S/c1-3-6-20-16-13-14-15(27-17(13)22-8-21-16)18(25)24(9-23-14)10-4-5-12(26-2)11(19)7-10/h3-5,7-9H,1,6H2,2H3,(H,20,21,22). The van der Waals surface area contributed by atoms with Crippen LogP contribution >= 0.6 is 11.3 Å². The zero-order chi connectivity index (χ0) is 19.0. The Labute approximate surface area is 156 Å². The molecule has 0 radical (unpaired) electrons. The molecular formula is C18H14FN5O2S. The molecule has 0 aliphatic rings. The summed E-state index contributed by atoms with van der Waals surface area (Å²) in [5.41, 5.74) is 0.570. The Morgan fingerprint density at radius 1 is 1.37 bits per heavy atom. The fourth-order valence-electron chi connectivity index (χ4n) is 2.76. The van der Waals surface area contributed by atoms with Gasteiger partial charge in [-0.1, -0.05) is 6.08 Å². The lowest BCUT2D eigenvalue weighted by Crippen LogP contribution is -2.18. The second-order valence-corrected chi connectivity index (χ2v) is 6.59. The SMILES string of the molecule is C=CCNc1ncnc2sc3c(=O)n(-c4ccc(OC)c(F)c4)cnc3c12. The van der Waals surface area contributed by atoms with Crippen molar-refractivity contribution < 1.29 is 9.13 Å². The number of rotatable bonds is 5. The number of halogens is 1. The van der Waals surface area contributed by atoms with Crippen molar-refractivity contribution >= 4 is 37.6 Å². The summed E-state index contributed by atoms with van der Waals surface area (Å²) in [6.07, 6.45) is 4.52. The van der Waals surface area contributed by atoms with Crippen molar-refractivity contribution in [1.82, 2.24) is 19.5 Å². The van der Waals surface area contributed by atoms with Crippen molar-refractivity contribution in [2.24, 2.45) is 0 Å². The number of ether oxygens (including phenoxy) is 1. The van der Waals surface area contributed by atoms with Gasteiger partial charge in [0.05, 0.1) is 18.2 Å². The molecule has 0 saturated carbocycles. The van der Waals surface area contributed by atoms with E-state index in [1.54, 1.807) is 12.1 Å². The molecule has 4 aromatic rings. The van der Waals surface area contributed by atoms with Gasteiger partial charge in [-0.2, -0.15) is 0 Å². The first-order valence-electron chi connectivity index (χ1n) is 7.97. The topological polar surface area (TPSA) is 81.9 Å². The largest absolute Gasteiger partial charge is 0.494 e. The molecule has 1 aromatic carbocycles. The third-order valence-corrected chi connectivity index (χ3v) is 5.08. The van der Waals surface area contributed by atoms with Gasteiger partial charge in [-0.25, -0.2) is 19.3 Å². The second kappa shape index (κ2) is 6.76. The van der Waals surface area contributed by atoms with Crippen LogP contribution in [0, 0.1) is 5.82 Å². The lowest BCUT2D eigenvalue weighted by atomic mass is 10.2. The van der Waals surface area contributed by atoms with Crippen LogP contribution in [-0.4, -0.2) is 33.2 Å². The lowest BCUT2D eigenvalue weighted by molar-refractivity contribution is 0.386. The minimum Gasteiger partial charge on any atom is -0.494 e. The number of aromatic nitrogens is 4. The molecule has 0 spiro atoms. The molecule has 7 nitrogen and oxygen atoms in total. The monoisotopic (exact) mass is 383 g/mol. The highest BCUT2D eigenvalue weighted by atomic mass is 32.1. The number of hydrogen-bond donors (Lipinski definition) is 1. The first-order chi connectivity index (χ1) is 13.1. The Kier molecular flexibility index (Phi) is 4.28. The molecule has 0 amide bonds. The summed E-state index contributed by atoms with van der Waals surface area (Å²) < 4.78 is 20.7. The summed E-state index contributed by atoms with van der Waals surface area (Å²) in [5, 5.41) is 3.81. The predicted molar refractivity (Wildman–Crippen MR) is 104 cm³/mol. The highest BCUT2D eigenvalue weighted by Crippen LogP contribution is 2.33. The molecule has 0 atom stereocenters. The van der Waals surface area contributed by atoms with E-state index in [9.17, 15) is 9.18 Å². The Balaban J connectivity index is 1.93. The summed E-state index contributed by atoms with van der Waals surface area (Å²) in [4.78, 5) is 26.5. The van der Waals surface area contributed by atoms with E-state index in [2.05, 4.69) is 26.8 Å². The number of hydrogen-bond acceptors (Lipinski definition) is 7. The van der Waals surface area contributed by atoms with Crippen LogP contribution in [-0.2, 0) is 0 Å². The molecule has 0 saturated heterocycles. The molecular weight excluding hydrogens is 369 g/mol. The molecule has 3 aromatic heterocycles. The average Bonchev–Trinajstić information content (AvgIpc) is 3.07. The van der Waals surface area contributed by atoms with Crippen LogP contribution < -0.4 is 15.6 Å². The number of methoxy groups -OCH3 is 1. The van der Waals surface area contributed by atoms with Crippen molar-refractivity contribution in [3.63, 3.8) is 0 Å². The van der Waals surface area contributed by atoms with Gasteiger partial charge in [0, 0.05) is 12.6 Å². The summed E-state index contributed by atoms with van der Waals surface area (Å²) >= 11 is 1.23. The summed E-state index contributed by atoms with van der Waals surface area (Å²) in [6, 6.07) is 4.30. The van der Waals surface area contributed by atoms with E-state index in [0.717, 1.165) is 0 Å². The fourth-order valence-corrected chi connectivity index (χ4v) is 3.78. The second-order valence-electron chi connectivity index (χ2n) is 5.59. The number of thiophene rings is 1. The number of anilines is 1. The van der Waals surface area contributed by atoms with Gasteiger partial charge in [-0.15, -0.1) is 17.9 Å². The van der Waals surface area contributed by atoms with Gasteiger partial charge in [0.2, 0.25) is 0 Å². The number of nitrogens with zero attached hydrogens (tertiary/aromatic N) is 4. The van der Waals surface area contributed by atoms with Gasteiger partial charge in [0.1, 0.15) is 33.5 Å². The Hall–Kier alpha value is -3.33. The molecule has 0 unspecified atom stereocenters. The van der Waals surface area contributed by atoms with Crippen LogP contribution in [0.1, 0.15) is 0 Å². The first-order valence-corrected chi connectivity index (χ1v) is 8.79. The molecule has 4 rings (SSSR count). The summed E-state index contributed by atoms with van der Waals surface area (Å²) in [6.45, 7) is 4.19. The van der Waals surface area contributed by atoms with E-state index in [0.29, 0.717) is 38.5 Å². The zero-order valence-corrected chi connectivity index (χ0v) is 15.1. The predicted octanol–water partition coefficient (Wildman–Crippen LogP) is 3.14. The first kappa shape index (κ1) is 17.1.